The van der Waals surface area contributed by atoms with Crippen LogP contribution in [0.4, 0.5) is 11.4 Å². The molecule has 2 aromatic heterocycles. The predicted molar refractivity (Wildman–Crippen MR) is 164 cm³/mol. The van der Waals surface area contributed by atoms with Crippen LogP contribution in [0.3, 0.4) is 0 Å². The predicted octanol–water partition coefficient (Wildman–Crippen LogP) is -0.889. The number of aliphatic hydroxyl groups excluding tert-OH is 2. The van der Waals surface area contributed by atoms with E-state index in [1.54, 1.807) is 24.3 Å². The van der Waals surface area contributed by atoms with Crippen molar-refractivity contribution in [3.8, 4) is 0 Å². The van der Waals surface area contributed by atoms with E-state index in [-0.39, 0.29) is 37.3 Å². The van der Waals surface area contributed by atoms with Gasteiger partial charge in [0.2, 0.25) is 23.6 Å². The van der Waals surface area contributed by atoms with Crippen molar-refractivity contribution >= 4 is 46.8 Å². The molecule has 2 heterocycles. The van der Waals surface area contributed by atoms with Gasteiger partial charge in [0.15, 0.2) is 0 Å². The van der Waals surface area contributed by atoms with Gasteiger partial charge in [-0.15, -0.1) is 0 Å². The SMILES string of the molecule is N[C@@H](CO)C(=O)N(CCC(=O)Nc1ccc(NC(=O)CCN(C(=O)c2ccccn2)C(=O)[C@@H](N)CO)cc1)C(=O)c1ccccn1. The molecule has 3 rings (SSSR count). The number of nitrogens with two attached hydrogens (primary N) is 2. The lowest BCUT2D eigenvalue weighted by Gasteiger charge is -2.23. The standard InChI is InChI=1S/C30H34N8O8/c31-21(17-39)27(43)37(29(45)23-5-1-3-13-33-23)15-11-25(41)35-19-7-9-20(10-8-19)36-26(42)12-16-38(28(44)22(32)18-40)30(46)24-6-2-4-14-34-24/h1-10,13-14,21-22,39-40H,11-12,15-18,31-32H2,(H,35,41)(H,36,42)/t21-,22-/m0/s1. The van der Waals surface area contributed by atoms with Crippen LogP contribution in [0, 0.1) is 0 Å². The van der Waals surface area contributed by atoms with Crippen LogP contribution >= 0.6 is 0 Å². The van der Waals surface area contributed by atoms with Gasteiger partial charge in [-0.2, -0.15) is 0 Å². The smallest absolute Gasteiger partial charge is 0.279 e. The monoisotopic (exact) mass is 634 g/mol. The lowest BCUT2D eigenvalue weighted by atomic mass is 10.2. The van der Waals surface area contributed by atoms with Crippen LogP contribution in [0.1, 0.15) is 33.8 Å². The molecule has 6 amide bonds. The summed E-state index contributed by atoms with van der Waals surface area (Å²) in [5.74, 6) is -4.35. The van der Waals surface area contributed by atoms with Crippen LogP contribution in [0.5, 0.6) is 0 Å². The van der Waals surface area contributed by atoms with Gasteiger partial charge in [-0.3, -0.25) is 48.5 Å². The van der Waals surface area contributed by atoms with Crippen LogP contribution in [0.15, 0.2) is 73.1 Å². The van der Waals surface area contributed by atoms with Crippen LogP contribution in [0.25, 0.3) is 0 Å². The number of nitrogens with one attached hydrogen (secondary N) is 2. The third kappa shape index (κ3) is 9.80. The quantitative estimate of drug-likeness (QED) is 0.126. The summed E-state index contributed by atoms with van der Waals surface area (Å²) in [4.78, 5) is 85.5. The molecule has 0 radical (unpaired) electrons. The van der Waals surface area contributed by atoms with Gasteiger partial charge in [-0.05, 0) is 48.5 Å². The Kier molecular flexibility index (Phi) is 13.1. The summed E-state index contributed by atoms with van der Waals surface area (Å²) >= 11 is 0. The Hall–Kier alpha value is -5.42. The Bertz CT molecular complexity index is 1410. The average molecular weight is 635 g/mol. The van der Waals surface area contributed by atoms with Crippen LogP contribution in [-0.4, -0.2) is 104 Å². The normalized spacial score (nSPS) is 11.9. The van der Waals surface area contributed by atoms with Crippen LogP contribution in [0.2, 0.25) is 0 Å². The minimum atomic E-state index is -1.36. The zero-order valence-electron chi connectivity index (χ0n) is 24.6. The zero-order valence-corrected chi connectivity index (χ0v) is 24.6. The topological polar surface area (TPSA) is 251 Å². The van der Waals surface area contributed by atoms with Crippen molar-refractivity contribution < 1.29 is 39.0 Å². The number of carbonyl (C=O) groups is 6. The second-order valence-corrected chi connectivity index (χ2v) is 9.77. The van der Waals surface area contributed by atoms with Gasteiger partial charge in [0.1, 0.15) is 23.5 Å². The van der Waals surface area contributed by atoms with E-state index in [4.69, 9.17) is 11.5 Å². The van der Waals surface area contributed by atoms with E-state index in [0.29, 0.717) is 11.4 Å². The van der Waals surface area contributed by atoms with Crippen molar-refractivity contribution in [2.24, 2.45) is 11.5 Å². The van der Waals surface area contributed by atoms with E-state index in [1.807, 2.05) is 0 Å². The second kappa shape index (κ2) is 17.2. The fourth-order valence-electron chi connectivity index (χ4n) is 3.95. The molecule has 0 bridgehead atoms. The minimum absolute atomic E-state index is 0.0353. The lowest BCUT2D eigenvalue weighted by Crippen LogP contribution is -2.49. The Morgan fingerprint density at radius 2 is 1.00 bits per heavy atom. The molecule has 0 spiro atoms. The van der Waals surface area contributed by atoms with E-state index in [0.717, 1.165) is 9.80 Å². The molecule has 2 atom stereocenters. The maximum Gasteiger partial charge on any atom is 0.279 e. The van der Waals surface area contributed by atoms with Crippen molar-refractivity contribution in [3.63, 3.8) is 0 Å². The number of amides is 6. The molecule has 16 nitrogen and oxygen atoms in total. The molecule has 16 heteroatoms. The van der Waals surface area contributed by atoms with Crippen LogP contribution < -0.4 is 22.1 Å². The summed E-state index contributed by atoms with van der Waals surface area (Å²) < 4.78 is 0. The molecule has 0 fully saturated rings. The molecule has 46 heavy (non-hydrogen) atoms. The molecule has 1 aromatic carbocycles. The maximum atomic E-state index is 12.8. The third-order valence-corrected chi connectivity index (χ3v) is 6.40. The number of anilines is 2. The highest BCUT2D eigenvalue weighted by Gasteiger charge is 2.29. The Labute approximate surface area is 263 Å². The largest absolute Gasteiger partial charge is 0.394 e. The molecular weight excluding hydrogens is 600 g/mol. The Morgan fingerprint density at radius 1 is 0.630 bits per heavy atom. The Balaban J connectivity index is 1.56. The lowest BCUT2D eigenvalue weighted by molar-refractivity contribution is -0.132. The van der Waals surface area contributed by atoms with E-state index in [2.05, 4.69) is 20.6 Å². The van der Waals surface area contributed by atoms with Gasteiger partial charge in [-0.25, -0.2) is 0 Å². The van der Waals surface area contributed by atoms with Crippen molar-refractivity contribution in [2.45, 2.75) is 24.9 Å². The fourth-order valence-corrected chi connectivity index (χ4v) is 3.95. The molecule has 242 valence electrons. The van der Waals surface area contributed by atoms with Crippen molar-refractivity contribution in [1.29, 1.82) is 0 Å². The fraction of sp³-hybridized carbons (Fsp3) is 0.267. The summed E-state index contributed by atoms with van der Waals surface area (Å²) in [6.45, 7) is -2.05. The highest BCUT2D eigenvalue weighted by atomic mass is 16.3. The van der Waals surface area contributed by atoms with E-state index < -0.39 is 60.7 Å². The Morgan fingerprint density at radius 3 is 1.30 bits per heavy atom. The summed E-state index contributed by atoms with van der Waals surface area (Å²) in [7, 11) is 0. The second-order valence-electron chi connectivity index (χ2n) is 9.77. The summed E-state index contributed by atoms with van der Waals surface area (Å²) in [6, 6.07) is 12.4. The van der Waals surface area contributed by atoms with Gasteiger partial charge in [0, 0.05) is 49.7 Å². The number of aromatic nitrogens is 2. The molecule has 0 saturated heterocycles. The summed E-state index contributed by atoms with van der Waals surface area (Å²) in [6.07, 6.45) is 2.17. The number of hydrogen-bond acceptors (Lipinski definition) is 12. The number of nitrogens with zero attached hydrogens (tertiary/aromatic N) is 4. The number of imide groups is 2. The highest BCUT2D eigenvalue weighted by Crippen LogP contribution is 2.15. The number of benzene rings is 1. The van der Waals surface area contributed by atoms with Crippen molar-refractivity contribution in [3.05, 3.63) is 84.4 Å². The molecule has 0 unspecified atom stereocenters. The molecule has 8 N–H and O–H groups in total. The van der Waals surface area contributed by atoms with E-state index >= 15 is 0 Å². The number of rotatable bonds is 14. The number of pyridine rings is 2. The molecule has 3 aromatic rings. The number of hydrogen-bond donors (Lipinski definition) is 6. The first kappa shape index (κ1) is 35.1. The molecule has 0 saturated carbocycles. The van der Waals surface area contributed by atoms with Gasteiger partial charge in [0.05, 0.1) is 13.2 Å². The van der Waals surface area contributed by atoms with Gasteiger partial charge in [-0.1, -0.05) is 12.1 Å². The molecule has 0 aliphatic carbocycles. The average Bonchev–Trinajstić information content (AvgIpc) is 3.08. The first-order chi connectivity index (χ1) is 22.0. The first-order valence-corrected chi connectivity index (χ1v) is 14.0. The molecule has 0 aliphatic rings. The summed E-state index contributed by atoms with van der Waals surface area (Å²) in [5, 5.41) is 23.8. The van der Waals surface area contributed by atoms with Crippen molar-refractivity contribution in [1.82, 2.24) is 19.8 Å². The van der Waals surface area contributed by atoms with Crippen molar-refractivity contribution in [2.75, 3.05) is 36.9 Å². The van der Waals surface area contributed by atoms with Gasteiger partial charge < -0.3 is 32.3 Å². The van der Waals surface area contributed by atoms with E-state index in [9.17, 15) is 39.0 Å². The van der Waals surface area contributed by atoms with Crippen LogP contribution in [-0.2, 0) is 19.2 Å². The molecule has 0 aliphatic heterocycles. The maximum absolute atomic E-state index is 12.8. The third-order valence-electron chi connectivity index (χ3n) is 6.40. The first-order valence-electron chi connectivity index (χ1n) is 14.0. The van der Waals surface area contributed by atoms with E-state index in [1.165, 1.54) is 48.8 Å². The number of carbonyl (C=O) groups excluding carboxylic acids is 6. The van der Waals surface area contributed by atoms with Gasteiger partial charge in [0.25, 0.3) is 11.8 Å². The van der Waals surface area contributed by atoms with Gasteiger partial charge >= 0.3 is 0 Å². The minimum Gasteiger partial charge on any atom is -0.394 e. The number of aliphatic hydroxyl groups is 2. The zero-order chi connectivity index (χ0) is 33.6. The summed E-state index contributed by atoms with van der Waals surface area (Å²) in [5.41, 5.74) is 11.9. The molecular formula is C30H34N8O8. The highest BCUT2D eigenvalue weighted by molar-refractivity contribution is 6.06.